The highest BCUT2D eigenvalue weighted by atomic mass is 79.9. The Balaban J connectivity index is 2.31. The quantitative estimate of drug-likeness (QED) is 0.847. The van der Waals surface area contributed by atoms with Crippen molar-refractivity contribution in [2.45, 2.75) is 13.8 Å². The van der Waals surface area contributed by atoms with E-state index in [2.05, 4.69) is 26.6 Å². The van der Waals surface area contributed by atoms with Crippen LogP contribution in [0.5, 0.6) is 0 Å². The Hall–Kier alpha value is -1.88. The third-order valence-corrected chi connectivity index (χ3v) is 3.46. The second-order valence-corrected chi connectivity index (χ2v) is 5.57. The molecule has 21 heavy (non-hydrogen) atoms. The van der Waals surface area contributed by atoms with Crippen LogP contribution in [0.1, 0.15) is 22.8 Å². The molecule has 1 amide bonds. The highest BCUT2D eigenvalue weighted by Crippen LogP contribution is 2.23. The van der Waals surface area contributed by atoms with E-state index < -0.39 is 5.82 Å². The molecule has 0 aliphatic carbocycles. The van der Waals surface area contributed by atoms with Crippen LogP contribution in [0, 0.1) is 12.7 Å². The SMILES string of the molecule is CCNc1ccc(C)cc1C(=O)Nc1cc(Br)ccc1F. The third-order valence-electron chi connectivity index (χ3n) is 2.96. The van der Waals surface area contributed by atoms with Crippen LogP contribution in [0.2, 0.25) is 0 Å². The minimum absolute atomic E-state index is 0.151. The van der Waals surface area contributed by atoms with Crippen molar-refractivity contribution < 1.29 is 9.18 Å². The fourth-order valence-corrected chi connectivity index (χ4v) is 2.33. The van der Waals surface area contributed by atoms with Crippen LogP contribution >= 0.6 is 15.9 Å². The van der Waals surface area contributed by atoms with Crippen LogP contribution in [-0.4, -0.2) is 12.5 Å². The van der Waals surface area contributed by atoms with Gasteiger partial charge in [-0.05, 0) is 44.2 Å². The molecule has 0 spiro atoms. The van der Waals surface area contributed by atoms with E-state index in [1.165, 1.54) is 12.1 Å². The Kier molecular flexibility index (Phi) is 4.96. The third kappa shape index (κ3) is 3.82. The van der Waals surface area contributed by atoms with E-state index in [1.807, 2.05) is 26.0 Å². The summed E-state index contributed by atoms with van der Waals surface area (Å²) >= 11 is 3.26. The van der Waals surface area contributed by atoms with E-state index in [1.54, 1.807) is 12.1 Å². The zero-order valence-electron chi connectivity index (χ0n) is 11.8. The van der Waals surface area contributed by atoms with Crippen molar-refractivity contribution in [2.24, 2.45) is 0 Å². The van der Waals surface area contributed by atoms with Crippen molar-refractivity contribution in [3.05, 3.63) is 57.8 Å². The van der Waals surface area contributed by atoms with Gasteiger partial charge in [0.25, 0.3) is 5.91 Å². The first-order chi connectivity index (χ1) is 10.0. The molecule has 0 aromatic heterocycles. The number of anilines is 2. The minimum atomic E-state index is -0.468. The molecule has 2 aromatic rings. The van der Waals surface area contributed by atoms with Crippen LogP contribution in [-0.2, 0) is 0 Å². The molecule has 0 saturated carbocycles. The first-order valence-electron chi connectivity index (χ1n) is 6.62. The number of hydrogen-bond acceptors (Lipinski definition) is 2. The van der Waals surface area contributed by atoms with E-state index in [0.29, 0.717) is 16.6 Å². The number of rotatable bonds is 4. The van der Waals surface area contributed by atoms with Crippen molar-refractivity contribution >= 4 is 33.2 Å². The molecule has 0 fully saturated rings. The molecule has 0 saturated heterocycles. The second kappa shape index (κ2) is 6.72. The maximum Gasteiger partial charge on any atom is 0.257 e. The summed E-state index contributed by atoms with van der Waals surface area (Å²) in [6.45, 7) is 4.57. The van der Waals surface area contributed by atoms with Gasteiger partial charge in [0.1, 0.15) is 5.82 Å². The Morgan fingerprint density at radius 2 is 1.95 bits per heavy atom. The maximum atomic E-state index is 13.7. The molecule has 2 aromatic carbocycles. The first kappa shape index (κ1) is 15.5. The highest BCUT2D eigenvalue weighted by Gasteiger charge is 2.14. The summed E-state index contributed by atoms with van der Waals surface area (Å²) in [6, 6.07) is 9.99. The van der Waals surface area contributed by atoms with Gasteiger partial charge in [-0.1, -0.05) is 27.6 Å². The number of halogens is 2. The van der Waals surface area contributed by atoms with E-state index in [4.69, 9.17) is 0 Å². The van der Waals surface area contributed by atoms with Crippen molar-refractivity contribution in [3.63, 3.8) is 0 Å². The summed E-state index contributed by atoms with van der Waals surface area (Å²) in [4.78, 5) is 12.4. The van der Waals surface area contributed by atoms with E-state index >= 15 is 0 Å². The fourth-order valence-electron chi connectivity index (χ4n) is 1.97. The average molecular weight is 351 g/mol. The summed E-state index contributed by atoms with van der Waals surface area (Å²) in [5, 5.41) is 5.74. The molecule has 2 N–H and O–H groups in total. The van der Waals surface area contributed by atoms with Crippen molar-refractivity contribution in [2.75, 3.05) is 17.2 Å². The molecule has 5 heteroatoms. The number of carbonyl (C=O) groups excluding carboxylic acids is 1. The van der Waals surface area contributed by atoms with Gasteiger partial charge in [0, 0.05) is 16.7 Å². The number of amides is 1. The van der Waals surface area contributed by atoms with Gasteiger partial charge in [-0.2, -0.15) is 0 Å². The molecule has 3 nitrogen and oxygen atoms in total. The number of nitrogens with one attached hydrogen (secondary N) is 2. The summed E-state index contributed by atoms with van der Waals surface area (Å²) in [6.07, 6.45) is 0. The van der Waals surface area contributed by atoms with Gasteiger partial charge < -0.3 is 10.6 Å². The zero-order valence-corrected chi connectivity index (χ0v) is 13.4. The number of benzene rings is 2. The lowest BCUT2D eigenvalue weighted by Crippen LogP contribution is -2.16. The number of hydrogen-bond donors (Lipinski definition) is 2. The first-order valence-corrected chi connectivity index (χ1v) is 7.41. The molecule has 0 atom stereocenters. The lowest BCUT2D eigenvalue weighted by Gasteiger charge is -2.12. The van der Waals surface area contributed by atoms with Crippen molar-refractivity contribution in [3.8, 4) is 0 Å². The maximum absolute atomic E-state index is 13.7. The standard InChI is InChI=1S/C16H16BrFN2O/c1-3-19-14-7-4-10(2)8-12(14)16(21)20-15-9-11(17)5-6-13(15)18/h4-9,19H,3H2,1-2H3,(H,20,21). The van der Waals surface area contributed by atoms with Crippen molar-refractivity contribution in [1.29, 1.82) is 0 Å². The molecule has 0 heterocycles. The summed E-state index contributed by atoms with van der Waals surface area (Å²) in [7, 11) is 0. The lowest BCUT2D eigenvalue weighted by molar-refractivity contribution is 0.102. The predicted molar refractivity (Wildman–Crippen MR) is 87.4 cm³/mol. The molecule has 0 aliphatic rings. The number of aryl methyl sites for hydroxylation is 1. The normalized spacial score (nSPS) is 10.3. The van der Waals surface area contributed by atoms with Gasteiger partial charge in [-0.3, -0.25) is 4.79 Å². The Morgan fingerprint density at radius 3 is 2.67 bits per heavy atom. The van der Waals surface area contributed by atoms with E-state index in [0.717, 1.165) is 11.3 Å². The minimum Gasteiger partial charge on any atom is -0.385 e. The van der Waals surface area contributed by atoms with E-state index in [9.17, 15) is 9.18 Å². The van der Waals surface area contributed by atoms with Gasteiger partial charge in [-0.15, -0.1) is 0 Å². The molecular formula is C16H16BrFN2O. The van der Waals surface area contributed by atoms with Crippen LogP contribution < -0.4 is 10.6 Å². The van der Waals surface area contributed by atoms with Crippen molar-refractivity contribution in [1.82, 2.24) is 0 Å². The molecule has 0 unspecified atom stereocenters. The molecule has 0 radical (unpaired) electrons. The van der Waals surface area contributed by atoms with Crippen LogP contribution in [0.15, 0.2) is 40.9 Å². The molecule has 110 valence electrons. The van der Waals surface area contributed by atoms with Crippen LogP contribution in [0.4, 0.5) is 15.8 Å². The lowest BCUT2D eigenvalue weighted by atomic mass is 10.1. The van der Waals surface area contributed by atoms with Gasteiger partial charge >= 0.3 is 0 Å². The summed E-state index contributed by atoms with van der Waals surface area (Å²) in [5.41, 5.74) is 2.35. The summed E-state index contributed by atoms with van der Waals surface area (Å²) < 4.78 is 14.4. The van der Waals surface area contributed by atoms with Gasteiger partial charge in [0.2, 0.25) is 0 Å². The molecule has 0 bridgehead atoms. The zero-order chi connectivity index (χ0) is 15.4. The highest BCUT2D eigenvalue weighted by molar-refractivity contribution is 9.10. The molecule has 2 rings (SSSR count). The second-order valence-electron chi connectivity index (χ2n) is 4.66. The van der Waals surface area contributed by atoms with E-state index in [-0.39, 0.29) is 11.6 Å². The Bertz CT molecular complexity index is 673. The van der Waals surface area contributed by atoms with Gasteiger partial charge in [0.05, 0.1) is 11.3 Å². The average Bonchev–Trinajstić information content (AvgIpc) is 2.45. The van der Waals surface area contributed by atoms with Crippen LogP contribution in [0.3, 0.4) is 0 Å². The fraction of sp³-hybridized carbons (Fsp3) is 0.188. The molecular weight excluding hydrogens is 335 g/mol. The topological polar surface area (TPSA) is 41.1 Å². The van der Waals surface area contributed by atoms with Gasteiger partial charge in [-0.25, -0.2) is 4.39 Å². The predicted octanol–water partition coefficient (Wildman–Crippen LogP) is 4.58. The van der Waals surface area contributed by atoms with Gasteiger partial charge in [0.15, 0.2) is 0 Å². The van der Waals surface area contributed by atoms with Crippen LogP contribution in [0.25, 0.3) is 0 Å². The summed E-state index contributed by atoms with van der Waals surface area (Å²) in [5.74, 6) is -0.809. The monoisotopic (exact) mass is 350 g/mol. The smallest absolute Gasteiger partial charge is 0.257 e. The Labute approximate surface area is 131 Å². The number of carbonyl (C=O) groups is 1. The Morgan fingerprint density at radius 1 is 1.19 bits per heavy atom. The largest absolute Gasteiger partial charge is 0.385 e. The molecule has 0 aliphatic heterocycles.